The number of halogens is 6. The van der Waals surface area contributed by atoms with Gasteiger partial charge in [-0.1, -0.05) is 43.7 Å². The third kappa shape index (κ3) is 4.52. The fraction of sp³-hybridized carbons (Fsp3) is 0.500. The van der Waals surface area contributed by atoms with E-state index < -0.39 is 40.2 Å². The van der Waals surface area contributed by atoms with Crippen molar-refractivity contribution in [2.24, 2.45) is 5.92 Å². The molecule has 0 N–H and O–H groups in total. The standard InChI is InChI=1S/C28H30F6O/c1-3-5-7-17-8-12-20(35-16-17)13-9-19-11-15-22-21-14-10-18(6-4-2)25(29)23(21)27(31,32)28(33,34)24(22)26(19)30/h3,10-11,14-15,17,20H,1,4-9,12-13,16H2,2H3. The fourth-order valence-electron chi connectivity index (χ4n) is 5.26. The molecule has 2 unspecified atom stereocenters. The Bertz CT molecular complexity index is 1090. The molecule has 2 aliphatic rings. The Morgan fingerprint density at radius 1 is 0.886 bits per heavy atom. The van der Waals surface area contributed by atoms with Gasteiger partial charge in [0.25, 0.3) is 0 Å². The number of allylic oxidation sites excluding steroid dienone is 1. The maximum absolute atomic E-state index is 15.4. The van der Waals surface area contributed by atoms with Crippen LogP contribution in [0.1, 0.15) is 67.7 Å². The molecule has 1 saturated heterocycles. The van der Waals surface area contributed by atoms with E-state index in [-0.39, 0.29) is 35.6 Å². The van der Waals surface area contributed by atoms with E-state index >= 15 is 22.0 Å². The van der Waals surface area contributed by atoms with Crippen LogP contribution >= 0.6 is 0 Å². The lowest BCUT2D eigenvalue weighted by atomic mass is 9.78. The lowest BCUT2D eigenvalue weighted by Gasteiger charge is -2.36. The minimum Gasteiger partial charge on any atom is -0.378 e. The van der Waals surface area contributed by atoms with Crippen LogP contribution in [0.25, 0.3) is 11.1 Å². The van der Waals surface area contributed by atoms with Crippen molar-refractivity contribution in [1.29, 1.82) is 0 Å². The summed E-state index contributed by atoms with van der Waals surface area (Å²) in [6.45, 7) is 6.03. The molecular formula is C28H30F6O. The Morgan fingerprint density at radius 3 is 1.94 bits per heavy atom. The largest absolute Gasteiger partial charge is 0.378 e. The predicted molar refractivity (Wildman–Crippen MR) is 124 cm³/mol. The number of hydrogen-bond donors (Lipinski definition) is 0. The minimum absolute atomic E-state index is 0.0542. The molecule has 2 aromatic rings. The number of fused-ring (bicyclic) bond motifs is 3. The molecular weight excluding hydrogens is 466 g/mol. The van der Waals surface area contributed by atoms with Gasteiger partial charge in [-0.15, -0.1) is 6.58 Å². The third-order valence-corrected chi connectivity index (χ3v) is 7.25. The normalized spacial score (nSPS) is 22.4. The molecule has 4 rings (SSSR count). The van der Waals surface area contributed by atoms with Crippen LogP contribution in [0.4, 0.5) is 26.3 Å². The van der Waals surface area contributed by atoms with Gasteiger partial charge in [-0.3, -0.25) is 0 Å². The van der Waals surface area contributed by atoms with Gasteiger partial charge in [0.05, 0.1) is 17.2 Å². The lowest BCUT2D eigenvalue weighted by Crippen LogP contribution is -2.41. The van der Waals surface area contributed by atoms with Crippen LogP contribution < -0.4 is 0 Å². The Hall–Kier alpha value is -2.28. The molecule has 0 spiro atoms. The second-order valence-corrected chi connectivity index (χ2v) is 9.62. The molecule has 2 atom stereocenters. The van der Waals surface area contributed by atoms with Gasteiger partial charge in [0.1, 0.15) is 11.6 Å². The van der Waals surface area contributed by atoms with E-state index in [1.54, 1.807) is 6.92 Å². The molecule has 0 radical (unpaired) electrons. The topological polar surface area (TPSA) is 9.23 Å². The molecule has 1 heterocycles. The molecule has 0 saturated carbocycles. The van der Waals surface area contributed by atoms with E-state index in [0.29, 0.717) is 25.4 Å². The molecule has 2 aromatic carbocycles. The van der Waals surface area contributed by atoms with Crippen molar-refractivity contribution < 1.29 is 31.1 Å². The average Bonchev–Trinajstić information content (AvgIpc) is 2.82. The summed E-state index contributed by atoms with van der Waals surface area (Å²) in [6.07, 6.45) is 6.43. The molecule has 0 amide bonds. The first-order valence-corrected chi connectivity index (χ1v) is 12.3. The van der Waals surface area contributed by atoms with Gasteiger partial charge < -0.3 is 4.74 Å². The van der Waals surface area contributed by atoms with Crippen molar-refractivity contribution in [2.45, 2.75) is 76.2 Å². The van der Waals surface area contributed by atoms with Gasteiger partial charge in [-0.2, -0.15) is 17.6 Å². The van der Waals surface area contributed by atoms with Gasteiger partial charge in [0, 0.05) is 6.61 Å². The Balaban J connectivity index is 1.62. The summed E-state index contributed by atoms with van der Waals surface area (Å²) < 4.78 is 96.6. The first-order valence-electron chi connectivity index (χ1n) is 12.3. The van der Waals surface area contributed by atoms with Gasteiger partial charge in [-0.05, 0) is 73.1 Å². The van der Waals surface area contributed by atoms with E-state index in [9.17, 15) is 4.39 Å². The van der Waals surface area contributed by atoms with E-state index in [0.717, 1.165) is 25.7 Å². The molecule has 7 heteroatoms. The van der Waals surface area contributed by atoms with Crippen molar-refractivity contribution >= 4 is 0 Å². The van der Waals surface area contributed by atoms with E-state index in [4.69, 9.17) is 4.74 Å². The first kappa shape index (κ1) is 25.8. The van der Waals surface area contributed by atoms with Crippen LogP contribution in [0, 0.1) is 17.6 Å². The predicted octanol–water partition coefficient (Wildman–Crippen LogP) is 8.48. The zero-order valence-corrected chi connectivity index (χ0v) is 19.8. The number of hydrogen-bond acceptors (Lipinski definition) is 1. The highest BCUT2D eigenvalue weighted by Crippen LogP contribution is 2.59. The SMILES string of the molecule is C=CCCC1CCC(CCc2ccc3c(c2F)C(F)(F)C(F)(F)c2c-3ccc(CCC)c2F)OC1. The summed E-state index contributed by atoms with van der Waals surface area (Å²) in [5.41, 5.74) is -3.61. The monoisotopic (exact) mass is 496 g/mol. The number of alkyl halides is 4. The third-order valence-electron chi connectivity index (χ3n) is 7.25. The summed E-state index contributed by atoms with van der Waals surface area (Å²) in [5.74, 6) is -12.0. The second kappa shape index (κ2) is 10.00. The summed E-state index contributed by atoms with van der Waals surface area (Å²) >= 11 is 0. The van der Waals surface area contributed by atoms with Gasteiger partial charge in [0.15, 0.2) is 0 Å². The van der Waals surface area contributed by atoms with Gasteiger partial charge >= 0.3 is 11.8 Å². The number of aryl methyl sites for hydroxylation is 2. The van der Waals surface area contributed by atoms with Crippen LogP contribution in [0.5, 0.6) is 0 Å². The fourth-order valence-corrected chi connectivity index (χ4v) is 5.26. The zero-order chi connectivity index (χ0) is 25.4. The number of ether oxygens (including phenoxy) is 1. The van der Waals surface area contributed by atoms with E-state index in [2.05, 4.69) is 6.58 Å². The van der Waals surface area contributed by atoms with Crippen LogP contribution in [0.3, 0.4) is 0 Å². The summed E-state index contributed by atoms with van der Waals surface area (Å²) in [5, 5.41) is 0. The Morgan fingerprint density at radius 2 is 1.46 bits per heavy atom. The molecule has 1 aliphatic carbocycles. The van der Waals surface area contributed by atoms with Crippen LogP contribution in [-0.2, 0) is 29.4 Å². The molecule has 1 fully saturated rings. The van der Waals surface area contributed by atoms with Gasteiger partial charge in [0.2, 0.25) is 0 Å². The quantitative estimate of drug-likeness (QED) is 0.263. The molecule has 0 bridgehead atoms. The van der Waals surface area contributed by atoms with Gasteiger partial charge in [-0.25, -0.2) is 8.78 Å². The van der Waals surface area contributed by atoms with Crippen molar-refractivity contribution in [3.63, 3.8) is 0 Å². The Labute approximate surface area is 202 Å². The highest BCUT2D eigenvalue weighted by molar-refractivity contribution is 5.77. The molecule has 1 nitrogen and oxygen atoms in total. The van der Waals surface area contributed by atoms with E-state index in [1.165, 1.54) is 24.3 Å². The average molecular weight is 497 g/mol. The highest BCUT2D eigenvalue weighted by atomic mass is 19.3. The van der Waals surface area contributed by atoms with Crippen LogP contribution in [0.15, 0.2) is 36.9 Å². The smallest absolute Gasteiger partial charge is 0.343 e. The first-order chi connectivity index (χ1) is 16.6. The summed E-state index contributed by atoms with van der Waals surface area (Å²) in [7, 11) is 0. The summed E-state index contributed by atoms with van der Waals surface area (Å²) in [6, 6.07) is 5.06. The summed E-state index contributed by atoms with van der Waals surface area (Å²) in [4.78, 5) is 0. The maximum Gasteiger partial charge on any atom is 0.343 e. The number of rotatable bonds is 8. The zero-order valence-electron chi connectivity index (χ0n) is 19.8. The minimum atomic E-state index is -4.89. The maximum atomic E-state index is 15.4. The molecule has 1 aliphatic heterocycles. The van der Waals surface area contributed by atoms with Crippen LogP contribution in [-0.4, -0.2) is 12.7 Å². The van der Waals surface area contributed by atoms with Crippen molar-refractivity contribution in [3.8, 4) is 11.1 Å². The lowest BCUT2D eigenvalue weighted by molar-refractivity contribution is -0.227. The highest BCUT2D eigenvalue weighted by Gasteiger charge is 2.65. The molecule has 35 heavy (non-hydrogen) atoms. The van der Waals surface area contributed by atoms with Crippen molar-refractivity contribution in [1.82, 2.24) is 0 Å². The molecule has 190 valence electrons. The van der Waals surface area contributed by atoms with E-state index in [1.807, 2.05) is 6.08 Å². The van der Waals surface area contributed by atoms with Crippen molar-refractivity contribution in [3.05, 3.63) is 70.8 Å². The van der Waals surface area contributed by atoms with Crippen LogP contribution in [0.2, 0.25) is 0 Å². The van der Waals surface area contributed by atoms with Crippen molar-refractivity contribution in [2.75, 3.05) is 6.61 Å². The molecule has 0 aromatic heterocycles. The number of benzene rings is 2. The second-order valence-electron chi connectivity index (χ2n) is 9.62. The Kier molecular flexibility index (Phi) is 7.37.